The van der Waals surface area contributed by atoms with Crippen molar-refractivity contribution in [2.75, 3.05) is 6.61 Å². The summed E-state index contributed by atoms with van der Waals surface area (Å²) in [5, 5.41) is 9.66. The van der Waals surface area contributed by atoms with Crippen LogP contribution >= 0.6 is 0 Å². The maximum atomic E-state index is 12.2. The summed E-state index contributed by atoms with van der Waals surface area (Å²) in [7, 11) is -1.89. The Kier molecular flexibility index (Phi) is 6.50. The Morgan fingerprint density at radius 1 is 1.13 bits per heavy atom. The molecule has 1 rings (SSSR count). The zero-order chi connectivity index (χ0) is 18.1. The number of esters is 1. The average molecular weight is 345 g/mol. The molecule has 0 aromatic heterocycles. The Labute approximate surface area is 143 Å². The van der Waals surface area contributed by atoms with Gasteiger partial charge in [0.25, 0.3) is 0 Å². The van der Waals surface area contributed by atoms with Crippen LogP contribution in [0.25, 0.3) is 0 Å². The Morgan fingerprint density at radius 3 is 2.13 bits per heavy atom. The Bertz CT molecular complexity index is 406. The fraction of sp³-hybridized carbons (Fsp3) is 0.944. The summed E-state index contributed by atoms with van der Waals surface area (Å²) in [4.78, 5) is 12.2. The molecule has 0 radical (unpaired) electrons. The van der Waals surface area contributed by atoms with Crippen molar-refractivity contribution in [1.29, 1.82) is 0 Å². The van der Waals surface area contributed by atoms with Crippen LogP contribution in [0, 0.1) is 11.8 Å². The van der Waals surface area contributed by atoms with Crippen molar-refractivity contribution >= 4 is 14.3 Å². The summed E-state index contributed by atoms with van der Waals surface area (Å²) in [5.74, 6) is 0.221. The highest BCUT2D eigenvalue weighted by Crippen LogP contribution is 2.43. The first kappa shape index (κ1) is 20.7. The van der Waals surface area contributed by atoms with E-state index < -0.39 is 13.9 Å². The van der Waals surface area contributed by atoms with Gasteiger partial charge in [-0.05, 0) is 63.6 Å². The van der Waals surface area contributed by atoms with Gasteiger partial charge in [-0.15, -0.1) is 0 Å². The third kappa shape index (κ3) is 6.20. The summed E-state index contributed by atoms with van der Waals surface area (Å²) in [6, 6.07) is 0. The van der Waals surface area contributed by atoms with Crippen molar-refractivity contribution in [3.8, 4) is 0 Å². The molecule has 1 N–H and O–H groups in total. The summed E-state index contributed by atoms with van der Waals surface area (Å²) in [6.07, 6.45) is 2.12. The van der Waals surface area contributed by atoms with Gasteiger partial charge in [0, 0.05) is 12.7 Å². The highest BCUT2D eigenvalue weighted by Gasteiger charge is 2.44. The van der Waals surface area contributed by atoms with Crippen LogP contribution in [0.4, 0.5) is 0 Å². The van der Waals surface area contributed by atoms with Gasteiger partial charge in [0.1, 0.15) is 5.60 Å². The number of hydrogen-bond donors (Lipinski definition) is 1. The Morgan fingerprint density at radius 2 is 1.70 bits per heavy atom. The molecule has 0 heterocycles. The first-order chi connectivity index (χ1) is 10.2. The summed E-state index contributed by atoms with van der Waals surface area (Å²) in [5.41, 5.74) is -0.456. The number of carbonyl (C=O) groups excluding carboxylic acids is 1. The predicted molar refractivity (Wildman–Crippen MR) is 95.8 cm³/mol. The SMILES string of the molecule is CC(C)(C)OC(=O)C[C@@H]1C[C@H](CO)C[C@@H]1O[Si](C)(C)C(C)(C)C. The molecular weight excluding hydrogens is 308 g/mol. The second kappa shape index (κ2) is 7.24. The third-order valence-electron chi connectivity index (χ3n) is 5.09. The molecule has 1 aliphatic carbocycles. The molecule has 0 aromatic rings. The molecule has 0 bridgehead atoms. The number of aliphatic hydroxyl groups is 1. The number of aliphatic hydroxyl groups excluding tert-OH is 1. The fourth-order valence-corrected chi connectivity index (χ4v) is 4.26. The molecule has 3 atom stereocenters. The zero-order valence-electron chi connectivity index (χ0n) is 16.2. The number of carbonyl (C=O) groups is 1. The van der Waals surface area contributed by atoms with Gasteiger partial charge in [-0.3, -0.25) is 4.79 Å². The highest BCUT2D eigenvalue weighted by atomic mass is 28.4. The predicted octanol–water partition coefficient (Wildman–Crippen LogP) is 4.13. The Hall–Kier alpha value is -0.393. The van der Waals surface area contributed by atoms with E-state index in [-0.39, 0.29) is 35.6 Å². The van der Waals surface area contributed by atoms with Crippen molar-refractivity contribution in [2.45, 2.75) is 90.6 Å². The molecule has 0 aromatic carbocycles. The summed E-state index contributed by atoms with van der Waals surface area (Å²) < 4.78 is 12.0. The van der Waals surface area contributed by atoms with Crippen molar-refractivity contribution in [3.63, 3.8) is 0 Å². The number of hydrogen-bond acceptors (Lipinski definition) is 4. The lowest BCUT2D eigenvalue weighted by molar-refractivity contribution is -0.156. The Balaban J connectivity index is 2.77. The molecule has 23 heavy (non-hydrogen) atoms. The van der Waals surface area contributed by atoms with Crippen molar-refractivity contribution in [2.24, 2.45) is 11.8 Å². The molecular formula is C18H36O4Si. The standard InChI is InChI=1S/C18H36O4Si/c1-17(2,3)21-16(20)11-14-9-13(12-19)10-15(14)22-23(7,8)18(4,5)6/h13-15,19H,9-12H2,1-8H3/t13-,14-,15-/m0/s1. The van der Waals surface area contributed by atoms with Crippen LogP contribution in [0.1, 0.15) is 60.8 Å². The monoisotopic (exact) mass is 344 g/mol. The molecule has 0 unspecified atom stereocenters. The zero-order valence-corrected chi connectivity index (χ0v) is 17.2. The molecule has 4 nitrogen and oxygen atoms in total. The van der Waals surface area contributed by atoms with Gasteiger partial charge >= 0.3 is 5.97 Å². The van der Waals surface area contributed by atoms with E-state index in [4.69, 9.17) is 9.16 Å². The highest BCUT2D eigenvalue weighted by molar-refractivity contribution is 6.74. The van der Waals surface area contributed by atoms with Crippen LogP contribution in [-0.4, -0.2) is 37.7 Å². The van der Waals surface area contributed by atoms with E-state index in [2.05, 4.69) is 33.9 Å². The topological polar surface area (TPSA) is 55.8 Å². The van der Waals surface area contributed by atoms with Gasteiger partial charge in [-0.25, -0.2) is 0 Å². The summed E-state index contributed by atoms with van der Waals surface area (Å²) >= 11 is 0. The molecule has 0 aliphatic heterocycles. The fourth-order valence-electron chi connectivity index (χ4n) is 2.86. The molecule has 5 heteroatoms. The largest absolute Gasteiger partial charge is 0.460 e. The van der Waals surface area contributed by atoms with Crippen LogP contribution < -0.4 is 0 Å². The lowest BCUT2D eigenvalue weighted by atomic mass is 10.0. The minimum Gasteiger partial charge on any atom is -0.460 e. The van der Waals surface area contributed by atoms with Crippen molar-refractivity contribution in [1.82, 2.24) is 0 Å². The van der Waals surface area contributed by atoms with Gasteiger partial charge in [0.2, 0.25) is 0 Å². The summed E-state index contributed by atoms with van der Waals surface area (Å²) in [6.45, 7) is 17.0. The first-order valence-corrected chi connectivity index (χ1v) is 11.7. The minimum atomic E-state index is -1.89. The molecule has 136 valence electrons. The van der Waals surface area contributed by atoms with Gasteiger partial charge in [-0.2, -0.15) is 0 Å². The molecule has 0 saturated heterocycles. The lowest BCUT2D eigenvalue weighted by Gasteiger charge is -2.40. The number of rotatable bonds is 5. The maximum absolute atomic E-state index is 12.2. The minimum absolute atomic E-state index is 0.0561. The van der Waals surface area contributed by atoms with E-state index in [1.807, 2.05) is 20.8 Å². The van der Waals surface area contributed by atoms with Gasteiger partial charge in [0.05, 0.1) is 6.42 Å². The molecule has 0 spiro atoms. The van der Waals surface area contributed by atoms with Crippen LogP contribution in [-0.2, 0) is 14.0 Å². The molecule has 0 amide bonds. The van der Waals surface area contributed by atoms with Crippen LogP contribution in [0.15, 0.2) is 0 Å². The van der Waals surface area contributed by atoms with Crippen LogP contribution in [0.2, 0.25) is 18.1 Å². The smallest absolute Gasteiger partial charge is 0.306 e. The quantitative estimate of drug-likeness (QED) is 0.602. The molecule has 1 fully saturated rings. The first-order valence-electron chi connectivity index (χ1n) is 8.75. The van der Waals surface area contributed by atoms with Crippen molar-refractivity contribution in [3.05, 3.63) is 0 Å². The van der Waals surface area contributed by atoms with Crippen LogP contribution in [0.3, 0.4) is 0 Å². The third-order valence-corrected chi connectivity index (χ3v) is 9.59. The van der Waals surface area contributed by atoms with Crippen molar-refractivity contribution < 1.29 is 19.1 Å². The lowest BCUT2D eigenvalue weighted by Crippen LogP contribution is -2.45. The number of ether oxygens (including phenoxy) is 1. The van der Waals surface area contributed by atoms with E-state index in [0.29, 0.717) is 6.42 Å². The van der Waals surface area contributed by atoms with E-state index in [9.17, 15) is 9.90 Å². The van der Waals surface area contributed by atoms with Crippen LogP contribution in [0.5, 0.6) is 0 Å². The molecule has 1 aliphatic rings. The van der Waals surface area contributed by atoms with Gasteiger partial charge in [-0.1, -0.05) is 20.8 Å². The second-order valence-electron chi connectivity index (χ2n) is 9.49. The van der Waals surface area contributed by atoms with E-state index >= 15 is 0 Å². The average Bonchev–Trinajstić information content (AvgIpc) is 2.66. The second-order valence-corrected chi connectivity index (χ2v) is 14.2. The van der Waals surface area contributed by atoms with E-state index in [0.717, 1.165) is 12.8 Å². The van der Waals surface area contributed by atoms with Gasteiger partial charge in [0.15, 0.2) is 8.32 Å². The van der Waals surface area contributed by atoms with Gasteiger partial charge < -0.3 is 14.3 Å². The van der Waals surface area contributed by atoms with E-state index in [1.54, 1.807) is 0 Å². The normalized spacial score (nSPS) is 26.4. The maximum Gasteiger partial charge on any atom is 0.306 e. The van der Waals surface area contributed by atoms with E-state index in [1.165, 1.54) is 0 Å². The molecule has 1 saturated carbocycles.